The maximum Gasteiger partial charge on any atom is 0.350 e. The van der Waals surface area contributed by atoms with Crippen LogP contribution in [0.15, 0.2) is 42.9 Å². The highest BCUT2D eigenvalue weighted by atomic mass is 32.1. The van der Waals surface area contributed by atoms with E-state index in [0.29, 0.717) is 44.6 Å². The summed E-state index contributed by atoms with van der Waals surface area (Å²) in [6, 6.07) is 4.12. The van der Waals surface area contributed by atoms with Gasteiger partial charge in [-0.3, -0.25) is 24.2 Å². The Bertz CT molecular complexity index is 1720. The zero-order chi connectivity index (χ0) is 37.4. The largest absolute Gasteiger partial charge is 0.495 e. The van der Waals surface area contributed by atoms with Crippen LogP contribution in [0.5, 0.6) is 5.75 Å². The van der Waals surface area contributed by atoms with Crippen LogP contribution < -0.4 is 20.4 Å². The predicted octanol–water partition coefficient (Wildman–Crippen LogP) is 3.59. The molecule has 2 fully saturated rings. The van der Waals surface area contributed by atoms with Crippen molar-refractivity contribution >= 4 is 50.5 Å². The molecule has 3 aromatic rings. The second-order valence-electron chi connectivity index (χ2n) is 13.0. The first-order valence-corrected chi connectivity index (χ1v) is 18.8. The van der Waals surface area contributed by atoms with E-state index in [1.165, 1.54) is 31.6 Å². The minimum atomic E-state index is -3.94. The van der Waals surface area contributed by atoms with Gasteiger partial charge in [-0.25, -0.2) is 4.39 Å². The van der Waals surface area contributed by atoms with Crippen LogP contribution in [-0.2, 0) is 20.3 Å². The molecule has 2 radical (unpaired) electrons. The molecule has 278 valence electrons. The molecule has 1 aliphatic heterocycles. The van der Waals surface area contributed by atoms with Gasteiger partial charge in [0.1, 0.15) is 22.5 Å². The molecule has 1 saturated heterocycles. The number of nitrogens with one attached hydrogen (secondary N) is 3. The van der Waals surface area contributed by atoms with Crippen molar-refractivity contribution in [2.75, 3.05) is 45.7 Å². The summed E-state index contributed by atoms with van der Waals surface area (Å²) >= 11 is 0.885. The van der Waals surface area contributed by atoms with E-state index in [9.17, 15) is 19.2 Å². The Morgan fingerprint density at radius 3 is 2.42 bits per heavy atom. The van der Waals surface area contributed by atoms with Crippen molar-refractivity contribution in [2.24, 2.45) is 5.92 Å². The highest BCUT2D eigenvalue weighted by molar-refractivity contribution is 7.07. The molecule has 52 heavy (non-hydrogen) atoms. The van der Waals surface area contributed by atoms with Crippen LogP contribution in [0.25, 0.3) is 0 Å². The topological polar surface area (TPSA) is 159 Å². The van der Waals surface area contributed by atoms with Gasteiger partial charge in [0.25, 0.3) is 11.8 Å². The maximum absolute atomic E-state index is 15.7. The number of nitrogens with zero attached hydrogens (tertiary/aromatic N) is 5. The Labute approximate surface area is 306 Å². The van der Waals surface area contributed by atoms with Crippen LogP contribution in [0.3, 0.4) is 0 Å². The number of ether oxygens (including phenoxy) is 1. The highest BCUT2D eigenvalue weighted by Crippen LogP contribution is 2.35. The number of piperazine rings is 1. The molecule has 3 atom stereocenters. The number of carbonyl (C=O) groups excluding carboxylic acids is 4. The van der Waals surface area contributed by atoms with E-state index in [0.717, 1.165) is 43.1 Å². The van der Waals surface area contributed by atoms with Gasteiger partial charge in [0.15, 0.2) is 9.68 Å². The van der Waals surface area contributed by atoms with Gasteiger partial charge in [-0.05, 0) is 61.1 Å². The quantitative estimate of drug-likeness (QED) is 0.222. The lowest BCUT2D eigenvalue weighted by Crippen LogP contribution is -2.55. The first-order chi connectivity index (χ1) is 24.9. The van der Waals surface area contributed by atoms with E-state index in [4.69, 9.17) is 4.74 Å². The number of pyridine rings is 1. The Balaban J connectivity index is 1.31. The van der Waals surface area contributed by atoms with Crippen molar-refractivity contribution < 1.29 is 37.1 Å². The summed E-state index contributed by atoms with van der Waals surface area (Å²) in [5, 5.41) is 9.09. The summed E-state index contributed by atoms with van der Waals surface area (Å²) < 4.78 is 54.7. The fourth-order valence-electron chi connectivity index (χ4n) is 6.34. The Morgan fingerprint density at radius 2 is 1.77 bits per heavy atom. The van der Waals surface area contributed by atoms with Crippen LogP contribution >= 0.6 is 11.5 Å². The third-order valence-corrected chi connectivity index (χ3v) is 11.7. The zero-order valence-corrected chi connectivity index (χ0v) is 30.9. The number of hydrogen-bond donors (Lipinski definition) is 3. The standard InChI is InChI=1S/C34H41F3N8O5SSi/c1-20(28(41-30(46)27-19-39-43-51-27)32(48)45-13-11-44(2)12-14-45)22-9-10-26(25(35)15-22)40-31(47)29(21-7-5-4-6-8-21)52-42-33(49)34(36,37)23-16-24(50-3)18-38-17-23/h9-10,15-21,28-29H,4-8,11-14H2,1-3H3,(H,40,47)(H,41,46)(H,42,49)/t20-,28+,29-/m0/s1. The van der Waals surface area contributed by atoms with E-state index in [1.807, 2.05) is 7.05 Å². The van der Waals surface area contributed by atoms with Gasteiger partial charge in [0.2, 0.25) is 11.8 Å². The van der Waals surface area contributed by atoms with Crippen molar-refractivity contribution in [1.82, 2.24) is 34.7 Å². The number of hydrogen-bond acceptors (Lipinski definition) is 10. The molecule has 3 heterocycles. The minimum Gasteiger partial charge on any atom is -0.495 e. The van der Waals surface area contributed by atoms with Crippen LogP contribution in [-0.4, -0.2) is 104 Å². The van der Waals surface area contributed by atoms with Gasteiger partial charge >= 0.3 is 5.92 Å². The minimum absolute atomic E-state index is 0.0599. The SMILES string of the molecule is COc1cncc(C(F)(F)C(=O)N[Si][C@H](C(=O)Nc2ccc([C@H](C)[C@@H](NC(=O)c3cnns3)C(=O)N3CCN(C)CC3)cc2F)C2CCCCC2)c1. The Morgan fingerprint density at radius 1 is 1.04 bits per heavy atom. The molecular formula is C34H41F3N8O5SSi. The molecular weight excluding hydrogens is 718 g/mol. The number of methoxy groups -OCH3 is 1. The fraction of sp³-hybridized carbons (Fsp3) is 0.500. The number of alkyl halides is 2. The molecule has 5 rings (SSSR count). The predicted molar refractivity (Wildman–Crippen MR) is 188 cm³/mol. The number of carbonyl (C=O) groups is 4. The van der Waals surface area contributed by atoms with Gasteiger partial charge in [-0.1, -0.05) is 36.7 Å². The van der Waals surface area contributed by atoms with Crippen LogP contribution in [0.2, 0.25) is 5.54 Å². The molecule has 2 aromatic heterocycles. The molecule has 1 aliphatic carbocycles. The van der Waals surface area contributed by atoms with Gasteiger partial charge in [0, 0.05) is 38.3 Å². The molecule has 3 N–H and O–H groups in total. The monoisotopic (exact) mass is 758 g/mol. The highest BCUT2D eigenvalue weighted by Gasteiger charge is 2.43. The van der Waals surface area contributed by atoms with Gasteiger partial charge < -0.3 is 30.2 Å². The Kier molecular flexibility index (Phi) is 13.0. The van der Waals surface area contributed by atoms with Crippen LogP contribution in [0.1, 0.15) is 65.7 Å². The van der Waals surface area contributed by atoms with Crippen molar-refractivity contribution in [3.63, 3.8) is 0 Å². The van der Waals surface area contributed by atoms with Gasteiger partial charge in [0.05, 0.1) is 36.3 Å². The molecule has 2 aliphatic rings. The van der Waals surface area contributed by atoms with E-state index in [1.54, 1.807) is 17.9 Å². The summed E-state index contributed by atoms with van der Waals surface area (Å²) in [6.45, 7) is 3.97. The Hall–Kier alpha value is -4.42. The molecule has 18 heteroatoms. The molecule has 1 saturated carbocycles. The lowest BCUT2D eigenvalue weighted by Gasteiger charge is -2.36. The normalized spacial score (nSPS) is 17.5. The average Bonchev–Trinajstić information content (AvgIpc) is 3.70. The number of likely N-dealkylation sites (N-methyl/N-ethyl adjacent to an activating group) is 1. The summed E-state index contributed by atoms with van der Waals surface area (Å²) in [6.07, 6.45) is 7.37. The molecule has 13 nitrogen and oxygen atoms in total. The number of anilines is 1. The fourth-order valence-corrected chi connectivity index (χ4v) is 7.98. The molecule has 0 unspecified atom stereocenters. The lowest BCUT2D eigenvalue weighted by atomic mass is 9.86. The molecule has 0 spiro atoms. The van der Waals surface area contributed by atoms with Gasteiger partial charge in [-0.2, -0.15) is 8.78 Å². The lowest BCUT2D eigenvalue weighted by molar-refractivity contribution is -0.145. The number of aromatic nitrogens is 3. The number of benzene rings is 1. The van der Waals surface area contributed by atoms with Crippen molar-refractivity contribution in [3.05, 3.63) is 64.7 Å². The van der Waals surface area contributed by atoms with Crippen LogP contribution in [0.4, 0.5) is 18.9 Å². The zero-order valence-electron chi connectivity index (χ0n) is 29.0. The second-order valence-corrected chi connectivity index (χ2v) is 15.0. The number of halogens is 3. The summed E-state index contributed by atoms with van der Waals surface area (Å²) in [5.74, 6) is -8.58. The number of amides is 4. The third-order valence-electron chi connectivity index (χ3n) is 9.57. The van der Waals surface area contributed by atoms with E-state index >= 15 is 13.2 Å². The van der Waals surface area contributed by atoms with E-state index in [2.05, 4.69) is 35.1 Å². The van der Waals surface area contributed by atoms with Crippen LogP contribution in [0, 0.1) is 11.7 Å². The van der Waals surface area contributed by atoms with Gasteiger partial charge in [-0.15, -0.1) is 5.10 Å². The summed E-state index contributed by atoms with van der Waals surface area (Å²) in [4.78, 5) is 63.2. The first-order valence-electron chi connectivity index (χ1n) is 17.0. The summed E-state index contributed by atoms with van der Waals surface area (Å²) in [7, 11) is 2.54. The first kappa shape index (κ1) is 38.8. The average molecular weight is 759 g/mol. The smallest absolute Gasteiger partial charge is 0.350 e. The van der Waals surface area contributed by atoms with E-state index < -0.39 is 62.2 Å². The summed E-state index contributed by atoms with van der Waals surface area (Å²) in [5.41, 5.74) is -1.29. The van der Waals surface area contributed by atoms with Crippen molar-refractivity contribution in [2.45, 2.75) is 62.5 Å². The molecule has 0 bridgehead atoms. The van der Waals surface area contributed by atoms with Crippen molar-refractivity contribution in [1.29, 1.82) is 0 Å². The molecule has 1 aromatic carbocycles. The van der Waals surface area contributed by atoms with Crippen molar-refractivity contribution in [3.8, 4) is 5.75 Å². The maximum atomic E-state index is 15.7. The van der Waals surface area contributed by atoms with E-state index in [-0.39, 0.29) is 28.1 Å². The molecule has 4 amide bonds. The number of rotatable bonds is 13. The third kappa shape index (κ3) is 9.32. The second kappa shape index (κ2) is 17.4.